The predicted octanol–water partition coefficient (Wildman–Crippen LogP) is 4.04. The summed E-state index contributed by atoms with van der Waals surface area (Å²) in [5, 5.41) is 0. The molecule has 0 spiro atoms. The first-order chi connectivity index (χ1) is 9.72. The molecule has 0 saturated carbocycles. The molecule has 8 heteroatoms. The third kappa shape index (κ3) is 3.38. The van der Waals surface area contributed by atoms with E-state index in [1.54, 1.807) is 25.1 Å². The molecular weight excluding hydrogens is 427 g/mol. The molecule has 0 atom stereocenters. The predicted molar refractivity (Wildman–Crippen MR) is 88.2 cm³/mol. The maximum Gasteiger partial charge on any atom is 0.264 e. The molecule has 0 fully saturated rings. The maximum atomic E-state index is 13.9. The molecule has 112 valence electrons. The van der Waals surface area contributed by atoms with E-state index >= 15 is 0 Å². The van der Waals surface area contributed by atoms with Gasteiger partial charge in [0.15, 0.2) is 0 Å². The SMILES string of the molecule is Cc1cc(F)c(S(=O)(=O)Nc2c(Br)cccc2Br)cc1N. The van der Waals surface area contributed by atoms with Crippen LogP contribution in [0.2, 0.25) is 0 Å². The van der Waals surface area contributed by atoms with Crippen molar-refractivity contribution in [3.05, 3.63) is 50.7 Å². The number of aryl methyl sites for hydroxylation is 1. The van der Waals surface area contributed by atoms with Crippen molar-refractivity contribution in [3.8, 4) is 0 Å². The Morgan fingerprint density at radius 2 is 1.76 bits per heavy atom. The van der Waals surface area contributed by atoms with Crippen molar-refractivity contribution in [1.82, 2.24) is 0 Å². The van der Waals surface area contributed by atoms with E-state index in [-0.39, 0.29) is 11.4 Å². The summed E-state index contributed by atoms with van der Waals surface area (Å²) in [4.78, 5) is -0.492. The van der Waals surface area contributed by atoms with Crippen LogP contribution in [-0.4, -0.2) is 8.42 Å². The van der Waals surface area contributed by atoms with Crippen LogP contribution in [-0.2, 0) is 10.0 Å². The lowest BCUT2D eigenvalue weighted by atomic mass is 10.2. The Hall–Kier alpha value is -1.12. The van der Waals surface area contributed by atoms with Crippen LogP contribution in [0.1, 0.15) is 5.56 Å². The molecule has 0 aromatic heterocycles. The molecule has 0 amide bonds. The molecule has 0 unspecified atom stereocenters. The van der Waals surface area contributed by atoms with Crippen molar-refractivity contribution in [1.29, 1.82) is 0 Å². The van der Waals surface area contributed by atoms with Gasteiger partial charge in [0, 0.05) is 14.6 Å². The van der Waals surface area contributed by atoms with Crippen molar-refractivity contribution in [2.75, 3.05) is 10.5 Å². The summed E-state index contributed by atoms with van der Waals surface area (Å²) in [6.45, 7) is 1.60. The van der Waals surface area contributed by atoms with Gasteiger partial charge in [0.1, 0.15) is 10.7 Å². The number of para-hydroxylation sites is 1. The highest BCUT2D eigenvalue weighted by Gasteiger charge is 2.22. The van der Waals surface area contributed by atoms with Crippen LogP contribution in [0.3, 0.4) is 0 Å². The Balaban J connectivity index is 2.51. The number of nitrogens with two attached hydrogens (primary N) is 1. The van der Waals surface area contributed by atoms with E-state index in [2.05, 4.69) is 36.6 Å². The van der Waals surface area contributed by atoms with Crippen molar-refractivity contribution in [2.45, 2.75) is 11.8 Å². The van der Waals surface area contributed by atoms with Gasteiger partial charge in [-0.05, 0) is 68.6 Å². The van der Waals surface area contributed by atoms with Crippen LogP contribution in [0.25, 0.3) is 0 Å². The second kappa shape index (κ2) is 5.94. The largest absolute Gasteiger partial charge is 0.398 e. The minimum atomic E-state index is -4.09. The third-order valence-electron chi connectivity index (χ3n) is 2.81. The summed E-state index contributed by atoms with van der Waals surface area (Å²) in [5.74, 6) is -0.850. The van der Waals surface area contributed by atoms with Gasteiger partial charge in [0.2, 0.25) is 0 Å². The zero-order valence-corrected chi connectivity index (χ0v) is 14.8. The first-order valence-corrected chi connectivity index (χ1v) is 8.82. The lowest BCUT2D eigenvalue weighted by Crippen LogP contribution is -2.16. The highest BCUT2D eigenvalue weighted by molar-refractivity contribution is 9.11. The summed E-state index contributed by atoms with van der Waals surface area (Å²) in [6, 6.07) is 7.28. The standard InChI is InChI=1S/C13H11Br2FN2O2S/c1-7-5-10(16)12(6-11(7)17)21(19,20)18-13-8(14)3-2-4-9(13)15/h2-6,18H,17H2,1H3. The molecular formula is C13H11Br2FN2O2S. The minimum absolute atomic E-state index is 0.211. The van der Waals surface area contributed by atoms with Crippen LogP contribution in [0.4, 0.5) is 15.8 Å². The number of rotatable bonds is 3. The normalized spacial score (nSPS) is 11.4. The molecule has 0 aliphatic carbocycles. The van der Waals surface area contributed by atoms with Gasteiger partial charge in [-0.15, -0.1) is 0 Å². The molecule has 2 rings (SSSR count). The van der Waals surface area contributed by atoms with Gasteiger partial charge in [0.25, 0.3) is 10.0 Å². The van der Waals surface area contributed by atoms with E-state index in [9.17, 15) is 12.8 Å². The summed E-state index contributed by atoms with van der Waals surface area (Å²) < 4.78 is 42.0. The van der Waals surface area contributed by atoms with Crippen molar-refractivity contribution >= 4 is 53.3 Å². The van der Waals surface area contributed by atoms with Crippen LogP contribution >= 0.6 is 31.9 Å². The summed E-state index contributed by atoms with van der Waals surface area (Å²) in [6.07, 6.45) is 0. The first-order valence-electron chi connectivity index (χ1n) is 5.75. The zero-order valence-electron chi connectivity index (χ0n) is 10.8. The topological polar surface area (TPSA) is 72.2 Å². The molecule has 0 heterocycles. The van der Waals surface area contributed by atoms with Gasteiger partial charge in [-0.25, -0.2) is 12.8 Å². The summed E-state index contributed by atoms with van der Waals surface area (Å²) >= 11 is 6.48. The van der Waals surface area contributed by atoms with Gasteiger partial charge >= 0.3 is 0 Å². The number of hydrogen-bond donors (Lipinski definition) is 2. The Labute approximate surface area is 138 Å². The lowest BCUT2D eigenvalue weighted by Gasteiger charge is -2.13. The fraction of sp³-hybridized carbons (Fsp3) is 0.0769. The molecule has 2 aromatic rings. The van der Waals surface area contributed by atoms with Gasteiger partial charge in [-0.3, -0.25) is 4.72 Å². The van der Waals surface area contributed by atoms with E-state index in [1.807, 2.05) is 0 Å². The second-order valence-electron chi connectivity index (χ2n) is 4.34. The number of halogens is 3. The lowest BCUT2D eigenvalue weighted by molar-refractivity contribution is 0.570. The molecule has 0 radical (unpaired) electrons. The quantitative estimate of drug-likeness (QED) is 0.711. The zero-order chi connectivity index (χ0) is 15.8. The van der Waals surface area contributed by atoms with Crippen molar-refractivity contribution in [3.63, 3.8) is 0 Å². The molecule has 21 heavy (non-hydrogen) atoms. The highest BCUT2D eigenvalue weighted by atomic mass is 79.9. The molecule has 0 bridgehead atoms. The number of sulfonamides is 1. The molecule has 0 aliphatic heterocycles. The van der Waals surface area contributed by atoms with E-state index < -0.39 is 20.7 Å². The first kappa shape index (κ1) is 16.3. The third-order valence-corrected chi connectivity index (χ3v) is 5.50. The minimum Gasteiger partial charge on any atom is -0.398 e. The average Bonchev–Trinajstić information content (AvgIpc) is 2.38. The van der Waals surface area contributed by atoms with Gasteiger partial charge < -0.3 is 5.73 Å². The number of benzene rings is 2. The van der Waals surface area contributed by atoms with Gasteiger partial charge in [0.05, 0.1) is 5.69 Å². The summed E-state index contributed by atoms with van der Waals surface area (Å²) in [5.41, 5.74) is 6.64. The van der Waals surface area contributed by atoms with Gasteiger partial charge in [-0.2, -0.15) is 0 Å². The van der Waals surface area contributed by atoms with E-state index in [0.29, 0.717) is 14.5 Å². The van der Waals surface area contributed by atoms with Crippen molar-refractivity contribution < 1.29 is 12.8 Å². The molecule has 2 aromatic carbocycles. The Kier molecular flexibility index (Phi) is 4.60. The average molecular weight is 438 g/mol. The van der Waals surface area contributed by atoms with Crippen LogP contribution in [0, 0.1) is 12.7 Å². The number of anilines is 2. The van der Waals surface area contributed by atoms with Crippen LogP contribution in [0.5, 0.6) is 0 Å². The maximum absolute atomic E-state index is 13.9. The van der Waals surface area contributed by atoms with Gasteiger partial charge in [-0.1, -0.05) is 6.07 Å². The second-order valence-corrected chi connectivity index (χ2v) is 7.70. The molecule has 0 saturated heterocycles. The highest BCUT2D eigenvalue weighted by Crippen LogP contribution is 2.33. The summed E-state index contributed by atoms with van der Waals surface area (Å²) in [7, 11) is -4.09. The van der Waals surface area contributed by atoms with Crippen LogP contribution in [0.15, 0.2) is 44.2 Å². The fourth-order valence-corrected chi connectivity index (χ4v) is 4.31. The van der Waals surface area contributed by atoms with Crippen molar-refractivity contribution in [2.24, 2.45) is 0 Å². The van der Waals surface area contributed by atoms with E-state index in [1.165, 1.54) is 0 Å². The van der Waals surface area contributed by atoms with E-state index in [4.69, 9.17) is 5.73 Å². The Morgan fingerprint density at radius 1 is 1.19 bits per heavy atom. The smallest absolute Gasteiger partial charge is 0.264 e. The Morgan fingerprint density at radius 3 is 2.33 bits per heavy atom. The molecule has 0 aliphatic rings. The monoisotopic (exact) mass is 436 g/mol. The molecule has 4 nitrogen and oxygen atoms in total. The molecule has 3 N–H and O–H groups in total. The fourth-order valence-electron chi connectivity index (χ4n) is 1.66. The van der Waals surface area contributed by atoms with Crippen LogP contribution < -0.4 is 10.5 Å². The number of hydrogen-bond acceptors (Lipinski definition) is 3. The van der Waals surface area contributed by atoms with E-state index in [0.717, 1.165) is 12.1 Å². The number of nitrogen functional groups attached to an aromatic ring is 1. The number of nitrogens with one attached hydrogen (secondary N) is 1. The Bertz CT molecular complexity index is 790.